The van der Waals surface area contributed by atoms with Crippen LogP contribution in [0.5, 0.6) is 0 Å². The smallest absolute Gasteiger partial charge is 0.273 e. The zero-order valence-electron chi connectivity index (χ0n) is 16.2. The van der Waals surface area contributed by atoms with Crippen molar-refractivity contribution < 1.29 is 23.5 Å². The summed E-state index contributed by atoms with van der Waals surface area (Å²) in [4.78, 5) is 44.9. The van der Waals surface area contributed by atoms with Crippen LogP contribution in [0.3, 0.4) is 0 Å². The molecule has 0 spiro atoms. The van der Waals surface area contributed by atoms with E-state index >= 15 is 0 Å². The van der Waals surface area contributed by atoms with Crippen LogP contribution in [0.15, 0.2) is 29.6 Å². The minimum atomic E-state index is -0.505. The molecule has 1 unspecified atom stereocenters. The monoisotopic (exact) mass is 432 g/mol. The molecular formula is C20H21FN4O4S. The van der Waals surface area contributed by atoms with Gasteiger partial charge in [-0.2, -0.15) is 0 Å². The third-order valence-corrected chi connectivity index (χ3v) is 5.87. The molecule has 30 heavy (non-hydrogen) atoms. The Kier molecular flexibility index (Phi) is 6.05. The van der Waals surface area contributed by atoms with Gasteiger partial charge in [0, 0.05) is 43.7 Å². The zero-order chi connectivity index (χ0) is 21.1. The predicted octanol–water partition coefficient (Wildman–Crippen LogP) is 2.00. The van der Waals surface area contributed by atoms with Gasteiger partial charge >= 0.3 is 0 Å². The number of piperazine rings is 1. The van der Waals surface area contributed by atoms with E-state index in [-0.39, 0.29) is 34.3 Å². The van der Waals surface area contributed by atoms with Crippen molar-refractivity contribution in [3.63, 3.8) is 0 Å². The van der Waals surface area contributed by atoms with E-state index in [9.17, 15) is 18.8 Å². The largest absolute Gasteiger partial charge is 0.368 e. The fraction of sp³-hybridized carbons (Fsp3) is 0.400. The van der Waals surface area contributed by atoms with Crippen LogP contribution in [0.1, 0.15) is 33.7 Å². The van der Waals surface area contributed by atoms with Crippen molar-refractivity contribution in [2.24, 2.45) is 0 Å². The highest BCUT2D eigenvalue weighted by Crippen LogP contribution is 2.20. The summed E-state index contributed by atoms with van der Waals surface area (Å²) >= 11 is 1.13. The SMILES string of the molecule is O=C(Nc1nc(C(=O)N2CCN(C(=O)C3CCCO3)CC2)cs1)c1cccc(F)c1. The molecule has 10 heteroatoms. The van der Waals surface area contributed by atoms with Gasteiger partial charge in [0.1, 0.15) is 17.6 Å². The lowest BCUT2D eigenvalue weighted by molar-refractivity contribution is -0.142. The topological polar surface area (TPSA) is 91.8 Å². The van der Waals surface area contributed by atoms with Crippen molar-refractivity contribution in [2.75, 3.05) is 38.1 Å². The molecule has 2 aromatic rings. The molecule has 4 rings (SSSR count). The van der Waals surface area contributed by atoms with Gasteiger partial charge in [0.2, 0.25) is 0 Å². The van der Waals surface area contributed by atoms with Crippen LogP contribution in [0.25, 0.3) is 0 Å². The highest BCUT2D eigenvalue weighted by molar-refractivity contribution is 7.14. The fourth-order valence-electron chi connectivity index (χ4n) is 3.50. The minimum Gasteiger partial charge on any atom is -0.368 e. The summed E-state index contributed by atoms with van der Waals surface area (Å²) in [5.41, 5.74) is 0.401. The predicted molar refractivity (Wildman–Crippen MR) is 108 cm³/mol. The summed E-state index contributed by atoms with van der Waals surface area (Å²) in [7, 11) is 0. The molecule has 1 atom stereocenters. The van der Waals surface area contributed by atoms with Crippen LogP contribution in [0.2, 0.25) is 0 Å². The van der Waals surface area contributed by atoms with E-state index < -0.39 is 11.7 Å². The lowest BCUT2D eigenvalue weighted by Crippen LogP contribution is -2.52. The van der Waals surface area contributed by atoms with Crippen LogP contribution in [-0.4, -0.2) is 71.4 Å². The lowest BCUT2D eigenvalue weighted by atomic mass is 10.2. The Morgan fingerprint density at radius 1 is 1.17 bits per heavy atom. The first-order valence-electron chi connectivity index (χ1n) is 9.73. The number of anilines is 1. The summed E-state index contributed by atoms with van der Waals surface area (Å²) in [5, 5.41) is 4.42. The Morgan fingerprint density at radius 2 is 1.93 bits per heavy atom. The van der Waals surface area contributed by atoms with Crippen molar-refractivity contribution in [3.05, 3.63) is 46.7 Å². The van der Waals surface area contributed by atoms with E-state index in [1.807, 2.05) is 0 Å². The first kappa shape index (κ1) is 20.4. The molecule has 2 fully saturated rings. The normalized spacial score (nSPS) is 19.0. The molecule has 158 valence electrons. The summed E-state index contributed by atoms with van der Waals surface area (Å²) in [6, 6.07) is 5.33. The Balaban J connectivity index is 1.32. The number of thiazole rings is 1. The molecule has 1 aromatic heterocycles. The molecule has 3 amide bonds. The zero-order valence-corrected chi connectivity index (χ0v) is 17.0. The van der Waals surface area contributed by atoms with Crippen LogP contribution in [-0.2, 0) is 9.53 Å². The molecule has 2 saturated heterocycles. The van der Waals surface area contributed by atoms with Crippen LogP contribution in [0, 0.1) is 5.82 Å². The van der Waals surface area contributed by atoms with Crippen LogP contribution in [0.4, 0.5) is 9.52 Å². The molecule has 0 aliphatic carbocycles. The number of nitrogens with one attached hydrogen (secondary N) is 1. The number of halogens is 1. The number of ether oxygens (including phenoxy) is 1. The third-order valence-electron chi connectivity index (χ3n) is 5.11. The third kappa shape index (κ3) is 4.49. The highest BCUT2D eigenvalue weighted by Gasteiger charge is 2.32. The summed E-state index contributed by atoms with van der Waals surface area (Å²) in [5.74, 6) is -1.25. The molecular weight excluding hydrogens is 411 g/mol. The Hall–Kier alpha value is -2.85. The minimum absolute atomic E-state index is 0.00407. The maximum atomic E-state index is 13.3. The first-order valence-corrected chi connectivity index (χ1v) is 10.6. The Morgan fingerprint density at radius 3 is 2.63 bits per heavy atom. The van der Waals surface area contributed by atoms with Crippen molar-refractivity contribution in [1.29, 1.82) is 0 Å². The molecule has 3 heterocycles. The van der Waals surface area contributed by atoms with Gasteiger partial charge in [-0.25, -0.2) is 9.37 Å². The number of benzene rings is 1. The summed E-state index contributed by atoms with van der Waals surface area (Å²) in [6.07, 6.45) is 1.30. The number of aromatic nitrogens is 1. The Bertz CT molecular complexity index is 952. The van der Waals surface area contributed by atoms with E-state index in [4.69, 9.17) is 4.74 Å². The molecule has 1 aromatic carbocycles. The van der Waals surface area contributed by atoms with Crippen molar-refractivity contribution in [2.45, 2.75) is 18.9 Å². The van der Waals surface area contributed by atoms with Gasteiger partial charge in [0.15, 0.2) is 5.13 Å². The van der Waals surface area contributed by atoms with E-state index in [0.717, 1.165) is 30.2 Å². The number of nitrogens with zero attached hydrogens (tertiary/aromatic N) is 3. The molecule has 2 aliphatic rings. The second kappa shape index (κ2) is 8.88. The standard InChI is InChI=1S/C20H21FN4O4S/c21-14-4-1-3-13(11-14)17(26)23-20-22-15(12-30-20)18(27)24-6-8-25(9-7-24)19(28)16-5-2-10-29-16/h1,3-4,11-12,16H,2,5-10H2,(H,22,23,26). The van der Waals surface area contributed by atoms with Crippen molar-refractivity contribution >= 4 is 34.2 Å². The maximum absolute atomic E-state index is 13.3. The molecule has 8 nitrogen and oxygen atoms in total. The fourth-order valence-corrected chi connectivity index (χ4v) is 4.18. The quantitative estimate of drug-likeness (QED) is 0.798. The molecule has 0 saturated carbocycles. The lowest BCUT2D eigenvalue weighted by Gasteiger charge is -2.35. The summed E-state index contributed by atoms with van der Waals surface area (Å²) in [6.45, 7) is 2.37. The number of rotatable bonds is 4. The van der Waals surface area contributed by atoms with E-state index in [1.54, 1.807) is 15.2 Å². The number of hydrogen-bond donors (Lipinski definition) is 1. The van der Waals surface area contributed by atoms with Crippen molar-refractivity contribution in [3.8, 4) is 0 Å². The number of carbonyl (C=O) groups excluding carboxylic acids is 3. The maximum Gasteiger partial charge on any atom is 0.273 e. The van der Waals surface area contributed by atoms with Crippen LogP contribution >= 0.6 is 11.3 Å². The van der Waals surface area contributed by atoms with Crippen molar-refractivity contribution in [1.82, 2.24) is 14.8 Å². The molecule has 0 radical (unpaired) electrons. The number of amides is 3. The van der Waals surface area contributed by atoms with Gasteiger partial charge in [-0.1, -0.05) is 6.07 Å². The van der Waals surface area contributed by atoms with Gasteiger partial charge in [0.05, 0.1) is 0 Å². The van der Waals surface area contributed by atoms with Gasteiger partial charge in [-0.05, 0) is 31.0 Å². The first-order chi connectivity index (χ1) is 14.5. The number of carbonyl (C=O) groups is 3. The Labute approximate surface area is 176 Å². The second-order valence-corrected chi connectivity index (χ2v) is 7.98. The van der Waals surface area contributed by atoms with Crippen LogP contribution < -0.4 is 5.32 Å². The van der Waals surface area contributed by atoms with Gasteiger partial charge in [-0.3, -0.25) is 19.7 Å². The number of hydrogen-bond acceptors (Lipinski definition) is 6. The average Bonchev–Trinajstić information content (AvgIpc) is 3.45. The van der Waals surface area contributed by atoms with E-state index in [2.05, 4.69) is 10.3 Å². The van der Waals surface area contributed by atoms with E-state index in [1.165, 1.54) is 18.2 Å². The highest BCUT2D eigenvalue weighted by atomic mass is 32.1. The average molecular weight is 432 g/mol. The molecule has 1 N–H and O–H groups in total. The molecule has 0 bridgehead atoms. The molecule has 2 aliphatic heterocycles. The van der Waals surface area contributed by atoms with Gasteiger partial charge in [-0.15, -0.1) is 11.3 Å². The van der Waals surface area contributed by atoms with Gasteiger partial charge in [0.25, 0.3) is 17.7 Å². The van der Waals surface area contributed by atoms with E-state index in [0.29, 0.717) is 32.8 Å². The summed E-state index contributed by atoms with van der Waals surface area (Å²) < 4.78 is 18.7. The second-order valence-electron chi connectivity index (χ2n) is 7.12. The van der Waals surface area contributed by atoms with Gasteiger partial charge < -0.3 is 14.5 Å².